The predicted molar refractivity (Wildman–Crippen MR) is 56.2 cm³/mol. The Hall–Kier alpha value is -1.31. The number of benzene rings is 1. The van der Waals surface area contributed by atoms with Crippen LogP contribution in [-0.2, 0) is 4.74 Å². The maximum atomic E-state index is 11.4. The first-order valence-electron chi connectivity index (χ1n) is 4.96. The molecule has 76 valence electrons. The molecule has 1 aromatic rings. The van der Waals surface area contributed by atoms with Crippen LogP contribution in [0, 0.1) is 5.92 Å². The Kier molecular flexibility index (Phi) is 4.17. The molecule has 0 saturated heterocycles. The smallest absolute Gasteiger partial charge is 0.338 e. The zero-order valence-electron chi connectivity index (χ0n) is 8.69. The Morgan fingerprint density at radius 2 is 2.00 bits per heavy atom. The van der Waals surface area contributed by atoms with E-state index >= 15 is 0 Å². The Morgan fingerprint density at radius 3 is 2.57 bits per heavy atom. The van der Waals surface area contributed by atoms with Crippen molar-refractivity contribution in [2.75, 3.05) is 6.61 Å². The number of carbonyl (C=O) groups is 1. The van der Waals surface area contributed by atoms with Gasteiger partial charge in [-0.05, 0) is 18.1 Å². The number of hydrogen-bond donors (Lipinski definition) is 0. The highest BCUT2D eigenvalue weighted by atomic mass is 16.5. The molecule has 0 aliphatic heterocycles. The number of hydrogen-bond acceptors (Lipinski definition) is 2. The van der Waals surface area contributed by atoms with Crippen LogP contribution in [-0.4, -0.2) is 12.6 Å². The van der Waals surface area contributed by atoms with Gasteiger partial charge in [-0.1, -0.05) is 38.5 Å². The molecule has 1 rings (SSSR count). The molecule has 1 unspecified atom stereocenters. The van der Waals surface area contributed by atoms with Gasteiger partial charge in [-0.25, -0.2) is 4.79 Å². The van der Waals surface area contributed by atoms with Crippen molar-refractivity contribution in [3.8, 4) is 0 Å². The minimum absolute atomic E-state index is 0.231. The van der Waals surface area contributed by atoms with E-state index < -0.39 is 0 Å². The van der Waals surface area contributed by atoms with Crippen molar-refractivity contribution in [2.24, 2.45) is 5.92 Å². The molecule has 0 saturated carbocycles. The lowest BCUT2D eigenvalue weighted by Gasteiger charge is -2.09. The highest BCUT2D eigenvalue weighted by Crippen LogP contribution is 2.05. The molecule has 0 amide bonds. The molecular formula is C12H16O2. The van der Waals surface area contributed by atoms with Crippen LogP contribution in [0.2, 0.25) is 0 Å². The summed E-state index contributed by atoms with van der Waals surface area (Å²) in [5, 5.41) is 0. The molecule has 0 spiro atoms. The van der Waals surface area contributed by atoms with Gasteiger partial charge in [-0.3, -0.25) is 0 Å². The zero-order chi connectivity index (χ0) is 10.4. The molecule has 0 N–H and O–H groups in total. The maximum absolute atomic E-state index is 11.4. The Bertz CT molecular complexity index is 280. The molecule has 0 radical (unpaired) electrons. The van der Waals surface area contributed by atoms with E-state index in [0.29, 0.717) is 18.1 Å². The Morgan fingerprint density at radius 1 is 1.36 bits per heavy atom. The van der Waals surface area contributed by atoms with Gasteiger partial charge in [0, 0.05) is 0 Å². The summed E-state index contributed by atoms with van der Waals surface area (Å²) in [5.41, 5.74) is 0.621. The van der Waals surface area contributed by atoms with E-state index in [1.165, 1.54) is 0 Å². The van der Waals surface area contributed by atoms with Gasteiger partial charge >= 0.3 is 5.97 Å². The predicted octanol–water partition coefficient (Wildman–Crippen LogP) is 2.89. The summed E-state index contributed by atoms with van der Waals surface area (Å²) in [6.07, 6.45) is 1.03. The Labute approximate surface area is 84.9 Å². The molecule has 1 atom stereocenters. The second kappa shape index (κ2) is 5.43. The van der Waals surface area contributed by atoms with E-state index in [0.717, 1.165) is 6.42 Å². The molecule has 0 aromatic heterocycles. The lowest BCUT2D eigenvalue weighted by molar-refractivity contribution is 0.0447. The number of ether oxygens (including phenoxy) is 1. The standard InChI is InChI=1S/C12H16O2/c1-3-10(2)9-14-12(13)11-7-5-4-6-8-11/h4-8,10H,3,9H2,1-2H3. The quantitative estimate of drug-likeness (QED) is 0.686. The fraction of sp³-hybridized carbons (Fsp3) is 0.417. The van der Waals surface area contributed by atoms with E-state index in [1.807, 2.05) is 18.2 Å². The van der Waals surface area contributed by atoms with Gasteiger partial charge in [0.15, 0.2) is 0 Å². The topological polar surface area (TPSA) is 26.3 Å². The van der Waals surface area contributed by atoms with Crippen LogP contribution < -0.4 is 0 Å². The van der Waals surface area contributed by atoms with Gasteiger partial charge in [0.25, 0.3) is 0 Å². The normalized spacial score (nSPS) is 12.1. The minimum Gasteiger partial charge on any atom is -0.462 e. The summed E-state index contributed by atoms with van der Waals surface area (Å²) in [7, 11) is 0. The summed E-state index contributed by atoms with van der Waals surface area (Å²) >= 11 is 0. The van der Waals surface area contributed by atoms with Gasteiger partial charge < -0.3 is 4.74 Å². The van der Waals surface area contributed by atoms with Crippen molar-refractivity contribution in [3.05, 3.63) is 35.9 Å². The lowest BCUT2D eigenvalue weighted by Crippen LogP contribution is -2.11. The van der Waals surface area contributed by atoms with Crippen LogP contribution in [0.25, 0.3) is 0 Å². The third kappa shape index (κ3) is 3.21. The van der Waals surface area contributed by atoms with Crippen molar-refractivity contribution >= 4 is 5.97 Å². The summed E-state index contributed by atoms with van der Waals surface area (Å²) in [4.78, 5) is 11.4. The lowest BCUT2D eigenvalue weighted by atomic mass is 10.1. The second-order valence-corrected chi connectivity index (χ2v) is 3.48. The van der Waals surface area contributed by atoms with Gasteiger partial charge in [-0.15, -0.1) is 0 Å². The highest BCUT2D eigenvalue weighted by Gasteiger charge is 2.07. The van der Waals surface area contributed by atoms with Gasteiger partial charge in [0.1, 0.15) is 0 Å². The third-order valence-corrected chi connectivity index (χ3v) is 2.21. The minimum atomic E-state index is -0.231. The number of esters is 1. The van der Waals surface area contributed by atoms with Gasteiger partial charge in [0.2, 0.25) is 0 Å². The first-order chi connectivity index (χ1) is 6.74. The van der Waals surface area contributed by atoms with Crippen molar-refractivity contribution < 1.29 is 9.53 Å². The van der Waals surface area contributed by atoms with Crippen LogP contribution in [0.15, 0.2) is 30.3 Å². The third-order valence-electron chi connectivity index (χ3n) is 2.21. The Balaban J connectivity index is 2.44. The molecule has 0 bridgehead atoms. The van der Waals surface area contributed by atoms with Crippen molar-refractivity contribution in [3.63, 3.8) is 0 Å². The van der Waals surface area contributed by atoms with Crippen molar-refractivity contribution in [2.45, 2.75) is 20.3 Å². The molecular weight excluding hydrogens is 176 g/mol. The molecule has 14 heavy (non-hydrogen) atoms. The SMILES string of the molecule is CCC(C)COC(=O)c1ccccc1. The van der Waals surface area contributed by atoms with Crippen LogP contribution in [0.4, 0.5) is 0 Å². The van der Waals surface area contributed by atoms with Crippen LogP contribution in [0.3, 0.4) is 0 Å². The van der Waals surface area contributed by atoms with Crippen LogP contribution in [0.1, 0.15) is 30.6 Å². The fourth-order valence-corrected chi connectivity index (χ4v) is 0.993. The molecule has 2 heteroatoms. The summed E-state index contributed by atoms with van der Waals surface area (Å²) < 4.78 is 5.14. The molecule has 0 fully saturated rings. The van der Waals surface area contributed by atoms with E-state index in [-0.39, 0.29) is 5.97 Å². The molecule has 2 nitrogen and oxygen atoms in total. The molecule has 1 aromatic carbocycles. The highest BCUT2D eigenvalue weighted by molar-refractivity contribution is 5.89. The second-order valence-electron chi connectivity index (χ2n) is 3.48. The van der Waals surface area contributed by atoms with E-state index in [4.69, 9.17) is 4.74 Å². The maximum Gasteiger partial charge on any atom is 0.338 e. The van der Waals surface area contributed by atoms with Gasteiger partial charge in [0.05, 0.1) is 12.2 Å². The largest absolute Gasteiger partial charge is 0.462 e. The molecule has 0 aliphatic rings. The zero-order valence-corrected chi connectivity index (χ0v) is 8.69. The van der Waals surface area contributed by atoms with E-state index in [1.54, 1.807) is 12.1 Å². The molecule has 0 heterocycles. The average Bonchev–Trinajstić information content (AvgIpc) is 2.26. The average molecular weight is 192 g/mol. The van der Waals surface area contributed by atoms with E-state index in [2.05, 4.69) is 13.8 Å². The summed E-state index contributed by atoms with van der Waals surface area (Å²) in [6, 6.07) is 9.07. The molecule has 0 aliphatic carbocycles. The number of rotatable bonds is 4. The first kappa shape index (κ1) is 10.8. The van der Waals surface area contributed by atoms with E-state index in [9.17, 15) is 4.79 Å². The van der Waals surface area contributed by atoms with Gasteiger partial charge in [-0.2, -0.15) is 0 Å². The summed E-state index contributed by atoms with van der Waals surface area (Å²) in [6.45, 7) is 4.66. The van der Waals surface area contributed by atoms with Crippen LogP contribution >= 0.6 is 0 Å². The van der Waals surface area contributed by atoms with Crippen molar-refractivity contribution in [1.82, 2.24) is 0 Å². The van der Waals surface area contributed by atoms with Crippen molar-refractivity contribution in [1.29, 1.82) is 0 Å². The first-order valence-corrected chi connectivity index (χ1v) is 4.96. The van der Waals surface area contributed by atoms with Crippen LogP contribution in [0.5, 0.6) is 0 Å². The number of carbonyl (C=O) groups excluding carboxylic acids is 1. The monoisotopic (exact) mass is 192 g/mol. The summed E-state index contributed by atoms with van der Waals surface area (Å²) in [5.74, 6) is 0.202. The fourth-order valence-electron chi connectivity index (χ4n) is 0.993.